The molecule has 42 nitrogen and oxygen atoms in total. The number of aryl methyl sites for hydroxylation is 2. The summed E-state index contributed by atoms with van der Waals surface area (Å²) in [5, 5.41) is 38.3. The number of anilines is 8. The van der Waals surface area contributed by atoms with Crippen LogP contribution in [0.4, 0.5) is 46.3 Å². The average Bonchev–Trinajstić information content (AvgIpc) is 0.707. The molecule has 0 bridgehead atoms. The monoisotopic (exact) mass is 1980 g/mol. The molecule has 2 aliphatic carbocycles. The van der Waals surface area contributed by atoms with Crippen LogP contribution in [-0.4, -0.2) is 168 Å². The summed E-state index contributed by atoms with van der Waals surface area (Å²) >= 11 is 0. The number of phenols is 1. The van der Waals surface area contributed by atoms with Gasteiger partial charge in [0.25, 0.3) is 41.5 Å². The first-order valence-corrected chi connectivity index (χ1v) is 46.9. The van der Waals surface area contributed by atoms with Gasteiger partial charge in [0, 0.05) is 89.1 Å². The van der Waals surface area contributed by atoms with Gasteiger partial charge >= 0.3 is 49.8 Å². The van der Waals surface area contributed by atoms with Crippen molar-refractivity contribution in [1.82, 2.24) is 39.0 Å². The number of fused-ring (bicyclic) bond motifs is 6. The maximum atomic E-state index is 15.1. The lowest BCUT2D eigenvalue weighted by Crippen LogP contribution is -2.29. The predicted octanol–water partition coefficient (Wildman–Crippen LogP) is 11.0. The Morgan fingerprint density at radius 1 is 0.391 bits per heavy atom. The van der Waals surface area contributed by atoms with Gasteiger partial charge < -0.3 is 55.4 Å². The minimum atomic E-state index is -5.14. The van der Waals surface area contributed by atoms with Gasteiger partial charge in [-0.25, -0.2) is 4.79 Å². The number of carbonyl (C=O) groups excluding carboxylic acids is 4. The van der Waals surface area contributed by atoms with Crippen LogP contribution in [-0.2, 0) is 82.7 Å². The van der Waals surface area contributed by atoms with Crippen LogP contribution in [0.25, 0.3) is 65.6 Å². The van der Waals surface area contributed by atoms with E-state index in [0.29, 0.717) is 38.0 Å². The normalized spacial score (nSPS) is 11.7. The molecule has 10 N–H and O–H groups in total. The second-order valence-electron chi connectivity index (χ2n) is 29.8. The summed E-state index contributed by atoms with van der Waals surface area (Å²) in [5.41, 5.74) is -0.760. The van der Waals surface area contributed by atoms with Crippen molar-refractivity contribution in [3.05, 3.63) is 319 Å². The Morgan fingerprint density at radius 2 is 0.841 bits per heavy atom. The van der Waals surface area contributed by atoms with E-state index in [1.165, 1.54) is 104 Å². The number of ether oxygens (including phenoxy) is 2. The fraction of sp³-hybridized carbons (Fsp3) is 0.0556. The van der Waals surface area contributed by atoms with Gasteiger partial charge in [-0.2, -0.15) is 55.2 Å². The molecule has 18 rings (SSSR count). The standard InChI is InChI=1S/C90H61N13O20S3.3O3S/c1-102-66-31-29-63(73-75(66)71(59-15-6-8-17-61(59)81(73)107)77(83(102)109)79(105)45-11-4-3-5-12-45)93-53-24-33-68(125(116,117)118)52(38-53)43-70-96-86(99-89(97-70)122-56-28-23-47-39-55(104)26-21-49(47)41-56)91-35-36-92-87-98-88(101-90(100-87)123-57-27-22-46-37-51(85(111)112)20-19-48(46)40-57)94-54-25-34-69(126(119,120)121)65(44-54)95-64-30-32-67-76-72(60-16-7-9-18-62(60)82(108)74(64)76)78(84(110)103(67)2)80(106)50-13-10-14-58(42-50)124(113,114)115;3*1-4(2)3/h3-34,37-42,44,93,95,104H,35-36,43H2,1-2H3,(H,111,112)(H,113,114,115)(H,116,117,118)(H,119,120,121)(H,91,96,97,99)(H2,92,94,98,100,101);;;. The molecule has 0 unspecified atom stereocenters. The van der Waals surface area contributed by atoms with Crippen LogP contribution in [0.2, 0.25) is 0 Å². The number of nitrogens with one attached hydrogen (secondary N) is 5. The first-order valence-electron chi connectivity index (χ1n) is 39.6. The fourth-order valence-electron chi connectivity index (χ4n) is 15.6. The molecule has 0 saturated heterocycles. The third-order valence-electron chi connectivity index (χ3n) is 21.3. The van der Waals surface area contributed by atoms with Gasteiger partial charge in [-0.3, -0.25) is 42.4 Å². The average molecular weight is 1980 g/mol. The number of aromatic nitrogens is 8. The number of aromatic hydroxyl groups is 1. The van der Waals surface area contributed by atoms with Crippen LogP contribution < -0.4 is 47.2 Å². The number of carbonyl (C=O) groups is 5. The molecule has 138 heavy (non-hydrogen) atoms. The third kappa shape index (κ3) is 20.4. The summed E-state index contributed by atoms with van der Waals surface area (Å²) in [5.74, 6) is -4.06. The SMILES string of the molecule is Cn1c(=O)c(C(=O)c2ccccc2)c2c3c(c(Nc4ccc(S(=O)(=O)O)c(Cc5nc(NCCNc6nc(Nc7ccc(S(=O)(=O)O)c(Nc8ccc9c%10c8C(=O)c8ccccc8-c%10c(C(=O)c8cccc(S(=O)(=O)O)c8)c(=O)n9C)c7)nc(Oc7ccc8cc(C(=O)O)ccc8c7)n6)nc(Oc6ccc7cc(O)ccc7c6)n5)c4)ccc31)C(=O)c1ccccc1-2.O=S(=O)=O.O=S(=O)=O.O=S(=O)=O. The van der Waals surface area contributed by atoms with Crippen LogP contribution in [0.15, 0.2) is 261 Å². The van der Waals surface area contributed by atoms with Gasteiger partial charge in [-0.1, -0.05) is 115 Å². The third-order valence-corrected chi connectivity index (χ3v) is 24.1. The molecule has 696 valence electrons. The summed E-state index contributed by atoms with van der Waals surface area (Å²) in [6.07, 6.45) is -0.446. The number of hydrogen-bond donors (Lipinski definition) is 10. The number of carboxylic acids is 1. The zero-order valence-electron chi connectivity index (χ0n) is 70.2. The predicted molar refractivity (Wildman–Crippen MR) is 493 cm³/mol. The van der Waals surface area contributed by atoms with E-state index in [9.17, 15) is 77.9 Å². The van der Waals surface area contributed by atoms with E-state index >= 15 is 4.79 Å². The highest BCUT2D eigenvalue weighted by atomic mass is 32.2. The smallest absolute Gasteiger partial charge is 0.425 e. The van der Waals surface area contributed by atoms with E-state index in [4.69, 9.17) is 47.4 Å². The molecule has 4 aromatic heterocycles. The Morgan fingerprint density at radius 3 is 1.37 bits per heavy atom. The Kier molecular flexibility index (Phi) is 26.8. The molecule has 0 radical (unpaired) electrons. The maximum Gasteiger partial charge on any atom is 0.425 e. The Hall–Kier alpha value is -17.3. The summed E-state index contributed by atoms with van der Waals surface area (Å²) in [4.78, 5) is 126. The summed E-state index contributed by atoms with van der Waals surface area (Å²) in [6.45, 7) is -0.174. The van der Waals surface area contributed by atoms with Crippen LogP contribution in [0.3, 0.4) is 0 Å². The van der Waals surface area contributed by atoms with Gasteiger partial charge in [0.05, 0.1) is 65.7 Å². The summed E-state index contributed by atoms with van der Waals surface area (Å²) in [6, 6.07) is 57.0. The fourth-order valence-corrected chi connectivity index (χ4v) is 17.5. The highest BCUT2D eigenvalue weighted by Crippen LogP contribution is 2.48. The molecular formula is C90H61N13O29S6. The first-order chi connectivity index (χ1) is 65.5. The van der Waals surface area contributed by atoms with Crippen LogP contribution >= 0.6 is 0 Å². The number of nitrogens with zero attached hydrogens (tertiary/aromatic N) is 8. The zero-order chi connectivity index (χ0) is 98.8. The number of hydrogen-bond acceptors (Lipinski definition) is 36. The topological polar surface area (TPSA) is 643 Å². The number of rotatable bonds is 25. The van der Waals surface area contributed by atoms with Gasteiger partial charge in [-0.05, 0) is 160 Å². The van der Waals surface area contributed by atoms with Crippen molar-refractivity contribution >= 4 is 181 Å². The Balaban J connectivity index is 0.00000114. The number of carboxylic acid groups (broad SMARTS) is 1. The van der Waals surface area contributed by atoms with Crippen LogP contribution in [0.5, 0.6) is 29.3 Å². The van der Waals surface area contributed by atoms with E-state index in [2.05, 4.69) is 56.5 Å². The number of benzene rings is 12. The molecule has 48 heteroatoms. The van der Waals surface area contributed by atoms with Gasteiger partial charge in [0.15, 0.2) is 23.1 Å². The van der Waals surface area contributed by atoms with Crippen molar-refractivity contribution in [3.63, 3.8) is 0 Å². The molecular weight excluding hydrogens is 1920 g/mol. The lowest BCUT2D eigenvalue weighted by atomic mass is 9.80. The van der Waals surface area contributed by atoms with Crippen molar-refractivity contribution in [2.45, 2.75) is 21.1 Å². The molecule has 0 saturated carbocycles. The Bertz CT molecular complexity index is 8770. The highest BCUT2D eigenvalue weighted by molar-refractivity contribution is 7.86. The highest BCUT2D eigenvalue weighted by Gasteiger charge is 2.38. The van der Waals surface area contributed by atoms with Crippen LogP contribution in [0, 0.1) is 0 Å². The second-order valence-corrected chi connectivity index (χ2v) is 35.2. The molecule has 12 aromatic carbocycles. The molecule has 2 aliphatic rings. The minimum Gasteiger partial charge on any atom is -0.508 e. The lowest BCUT2D eigenvalue weighted by Gasteiger charge is -2.26. The lowest BCUT2D eigenvalue weighted by molar-refractivity contribution is 0.0695. The molecule has 0 atom stereocenters. The zero-order valence-corrected chi connectivity index (χ0v) is 75.1. The van der Waals surface area contributed by atoms with Crippen LogP contribution in [0.1, 0.15) is 85.4 Å². The molecule has 0 aliphatic heterocycles. The summed E-state index contributed by atoms with van der Waals surface area (Å²) < 4.78 is 201. The van der Waals surface area contributed by atoms with E-state index in [0.717, 1.165) is 28.8 Å². The molecule has 0 spiro atoms. The van der Waals surface area contributed by atoms with E-state index in [1.807, 2.05) is 0 Å². The van der Waals surface area contributed by atoms with Crippen molar-refractivity contribution in [1.29, 1.82) is 0 Å². The molecule has 16 aromatic rings. The van der Waals surface area contributed by atoms with Crippen molar-refractivity contribution in [3.8, 4) is 51.5 Å². The first kappa shape index (κ1) is 95.4. The number of phenolic OH excluding ortho intramolecular Hbond substituents is 1. The number of pyridine rings is 2. The molecule has 4 heterocycles. The van der Waals surface area contributed by atoms with Crippen molar-refractivity contribution in [2.75, 3.05) is 39.7 Å². The van der Waals surface area contributed by atoms with E-state index < -0.39 is 129 Å². The Labute approximate surface area is 780 Å². The summed E-state index contributed by atoms with van der Waals surface area (Å²) in [7, 11) is -21.5. The van der Waals surface area contributed by atoms with Gasteiger partial charge in [-0.15, -0.1) is 37.9 Å². The minimum absolute atomic E-state index is 0.0113. The van der Waals surface area contributed by atoms with Crippen molar-refractivity contribution < 1.29 is 120 Å². The van der Waals surface area contributed by atoms with Gasteiger partial charge in [0.2, 0.25) is 17.8 Å². The van der Waals surface area contributed by atoms with E-state index in [1.54, 1.807) is 127 Å². The number of ketones is 4. The molecule has 0 fully saturated rings. The second kappa shape index (κ2) is 38.7. The molecule has 0 amide bonds. The number of aromatic carboxylic acids is 1. The van der Waals surface area contributed by atoms with Crippen molar-refractivity contribution in [2.24, 2.45) is 14.1 Å². The maximum absolute atomic E-state index is 15.1. The quantitative estimate of drug-likeness (QED) is 0.0144. The van der Waals surface area contributed by atoms with Gasteiger partial charge in [0.1, 0.15) is 28.0 Å². The largest absolute Gasteiger partial charge is 0.508 e. The van der Waals surface area contributed by atoms with E-state index in [-0.39, 0.29) is 172 Å².